The van der Waals surface area contributed by atoms with Gasteiger partial charge in [-0.2, -0.15) is 0 Å². The summed E-state index contributed by atoms with van der Waals surface area (Å²) in [5.74, 6) is 0.839. The number of nitrogens with one attached hydrogen (secondary N) is 1. The molecule has 2 aromatic carbocycles. The van der Waals surface area contributed by atoms with Crippen LogP contribution in [0.25, 0.3) is 0 Å². The summed E-state index contributed by atoms with van der Waals surface area (Å²) in [5, 5.41) is 3.54. The summed E-state index contributed by atoms with van der Waals surface area (Å²) in [6, 6.07) is 12.0. The van der Waals surface area contributed by atoms with Crippen molar-refractivity contribution in [1.29, 1.82) is 0 Å². The first-order valence-electron chi connectivity index (χ1n) is 10.4. The largest absolute Gasteiger partial charge is 0.493 e. The van der Waals surface area contributed by atoms with Gasteiger partial charge in [-0.1, -0.05) is 43.1 Å². The Hall–Kier alpha value is -2.73. The maximum absolute atomic E-state index is 13.3. The van der Waals surface area contributed by atoms with E-state index in [1.807, 2.05) is 18.2 Å². The molecular weight excluding hydrogens is 416 g/mol. The van der Waals surface area contributed by atoms with Crippen LogP contribution < -0.4 is 14.8 Å². The van der Waals surface area contributed by atoms with Crippen LogP contribution in [0.5, 0.6) is 11.5 Å². The van der Waals surface area contributed by atoms with Gasteiger partial charge in [-0.3, -0.25) is 9.59 Å². The average molecular weight is 447 g/mol. The average Bonchev–Trinajstić information content (AvgIpc) is 2.78. The molecule has 1 N–H and O–H groups in total. The highest BCUT2D eigenvalue weighted by Gasteiger charge is 2.26. The molecule has 2 rings (SSSR count). The van der Waals surface area contributed by atoms with Crippen molar-refractivity contribution in [3.05, 3.63) is 58.6 Å². The standard InChI is InChI=1S/C24H31ClN2O4/c1-5-6-13-26-24(29)17(2)27(16-18-7-10-20(25)11-8-18)23(28)15-19-9-12-21(30-3)22(14-19)31-4/h7-12,14,17H,5-6,13,15-16H2,1-4H3,(H,26,29)/t17-/m1/s1. The highest BCUT2D eigenvalue weighted by Crippen LogP contribution is 2.28. The zero-order valence-electron chi connectivity index (χ0n) is 18.6. The van der Waals surface area contributed by atoms with Gasteiger partial charge in [0.1, 0.15) is 6.04 Å². The van der Waals surface area contributed by atoms with Gasteiger partial charge in [0.25, 0.3) is 0 Å². The maximum atomic E-state index is 13.3. The molecule has 0 aliphatic heterocycles. The van der Waals surface area contributed by atoms with Crippen molar-refractivity contribution < 1.29 is 19.1 Å². The van der Waals surface area contributed by atoms with Crippen molar-refractivity contribution in [2.24, 2.45) is 0 Å². The van der Waals surface area contributed by atoms with Gasteiger partial charge in [-0.25, -0.2) is 0 Å². The number of amides is 2. The predicted octanol–water partition coefficient (Wildman–Crippen LogP) is 4.23. The number of benzene rings is 2. The van der Waals surface area contributed by atoms with Gasteiger partial charge in [0.05, 0.1) is 20.6 Å². The van der Waals surface area contributed by atoms with Crippen molar-refractivity contribution in [3.8, 4) is 11.5 Å². The van der Waals surface area contributed by atoms with Crippen LogP contribution in [-0.4, -0.2) is 43.5 Å². The molecule has 0 unspecified atom stereocenters. The smallest absolute Gasteiger partial charge is 0.242 e. The third kappa shape index (κ3) is 7.17. The lowest BCUT2D eigenvalue weighted by Crippen LogP contribution is -2.48. The Morgan fingerprint density at radius 2 is 1.68 bits per heavy atom. The number of hydrogen-bond acceptors (Lipinski definition) is 4. The summed E-state index contributed by atoms with van der Waals surface area (Å²) in [4.78, 5) is 27.5. The van der Waals surface area contributed by atoms with E-state index in [0.717, 1.165) is 24.0 Å². The Morgan fingerprint density at radius 3 is 2.29 bits per heavy atom. The minimum Gasteiger partial charge on any atom is -0.493 e. The van der Waals surface area contributed by atoms with E-state index in [2.05, 4.69) is 12.2 Å². The van der Waals surface area contributed by atoms with Crippen LogP contribution in [0.15, 0.2) is 42.5 Å². The van der Waals surface area contributed by atoms with Gasteiger partial charge in [0, 0.05) is 18.1 Å². The molecular formula is C24H31ClN2O4. The second-order valence-electron chi connectivity index (χ2n) is 7.33. The highest BCUT2D eigenvalue weighted by atomic mass is 35.5. The molecule has 0 heterocycles. The number of nitrogens with zero attached hydrogens (tertiary/aromatic N) is 1. The minimum atomic E-state index is -0.611. The number of carbonyl (C=O) groups is 2. The zero-order valence-corrected chi connectivity index (χ0v) is 19.4. The lowest BCUT2D eigenvalue weighted by molar-refractivity contribution is -0.140. The zero-order chi connectivity index (χ0) is 22.8. The van der Waals surface area contributed by atoms with Gasteiger partial charge < -0.3 is 19.7 Å². The number of rotatable bonds is 11. The second kappa shape index (κ2) is 12.2. The van der Waals surface area contributed by atoms with Crippen LogP contribution in [0.4, 0.5) is 0 Å². The third-order valence-corrected chi connectivity index (χ3v) is 5.32. The summed E-state index contributed by atoms with van der Waals surface area (Å²) in [6.07, 6.45) is 2.02. The van der Waals surface area contributed by atoms with E-state index < -0.39 is 6.04 Å². The fraction of sp³-hybridized carbons (Fsp3) is 0.417. The molecule has 0 radical (unpaired) electrons. The molecule has 0 aromatic heterocycles. The van der Waals surface area contributed by atoms with E-state index in [1.165, 1.54) is 0 Å². The molecule has 2 aromatic rings. The Kier molecular flexibility index (Phi) is 9.66. The van der Waals surface area contributed by atoms with Crippen molar-refractivity contribution >= 4 is 23.4 Å². The molecule has 168 valence electrons. The molecule has 0 saturated carbocycles. The van der Waals surface area contributed by atoms with Crippen LogP contribution in [0.3, 0.4) is 0 Å². The van der Waals surface area contributed by atoms with E-state index in [-0.39, 0.29) is 18.2 Å². The summed E-state index contributed by atoms with van der Waals surface area (Å²) in [6.45, 7) is 4.72. The molecule has 2 amide bonds. The molecule has 31 heavy (non-hydrogen) atoms. The normalized spacial score (nSPS) is 11.5. The number of methoxy groups -OCH3 is 2. The molecule has 7 heteroatoms. The van der Waals surface area contributed by atoms with Gasteiger partial charge in [-0.05, 0) is 48.7 Å². The van der Waals surface area contributed by atoms with Gasteiger partial charge >= 0.3 is 0 Å². The Labute approximate surface area is 189 Å². The summed E-state index contributed by atoms with van der Waals surface area (Å²) >= 11 is 5.99. The van der Waals surface area contributed by atoms with Crippen molar-refractivity contribution in [1.82, 2.24) is 10.2 Å². The second-order valence-corrected chi connectivity index (χ2v) is 7.77. The Morgan fingerprint density at radius 1 is 1.03 bits per heavy atom. The fourth-order valence-corrected chi connectivity index (χ4v) is 3.30. The number of ether oxygens (including phenoxy) is 2. The molecule has 6 nitrogen and oxygen atoms in total. The van der Waals surface area contributed by atoms with Crippen LogP contribution in [0.1, 0.15) is 37.8 Å². The lowest BCUT2D eigenvalue weighted by Gasteiger charge is -2.29. The molecule has 0 aliphatic carbocycles. The molecule has 0 aliphatic rings. The fourth-order valence-electron chi connectivity index (χ4n) is 3.17. The predicted molar refractivity (Wildman–Crippen MR) is 123 cm³/mol. The van der Waals surface area contributed by atoms with Crippen LogP contribution in [0.2, 0.25) is 5.02 Å². The Bertz CT molecular complexity index is 870. The first-order valence-corrected chi connectivity index (χ1v) is 10.8. The minimum absolute atomic E-state index is 0.139. The summed E-state index contributed by atoms with van der Waals surface area (Å²) < 4.78 is 10.6. The first kappa shape index (κ1) is 24.5. The van der Waals surface area contributed by atoms with E-state index in [9.17, 15) is 9.59 Å². The highest BCUT2D eigenvalue weighted by molar-refractivity contribution is 6.30. The first-order chi connectivity index (χ1) is 14.9. The van der Waals surface area contributed by atoms with E-state index in [4.69, 9.17) is 21.1 Å². The molecule has 0 bridgehead atoms. The third-order valence-electron chi connectivity index (χ3n) is 5.07. The van der Waals surface area contributed by atoms with Crippen LogP contribution in [-0.2, 0) is 22.6 Å². The molecule has 0 saturated heterocycles. The van der Waals surface area contributed by atoms with E-state index >= 15 is 0 Å². The van der Waals surface area contributed by atoms with Crippen LogP contribution in [0, 0.1) is 0 Å². The van der Waals surface area contributed by atoms with E-state index in [0.29, 0.717) is 29.6 Å². The number of halogens is 1. The molecule has 0 fully saturated rings. The maximum Gasteiger partial charge on any atom is 0.242 e. The van der Waals surface area contributed by atoms with Gasteiger partial charge in [0.15, 0.2) is 11.5 Å². The van der Waals surface area contributed by atoms with Crippen molar-refractivity contribution in [2.45, 2.75) is 45.7 Å². The molecule has 1 atom stereocenters. The quantitative estimate of drug-likeness (QED) is 0.524. The number of hydrogen-bond donors (Lipinski definition) is 1. The van der Waals surface area contributed by atoms with E-state index in [1.54, 1.807) is 50.3 Å². The number of carbonyl (C=O) groups excluding carboxylic acids is 2. The topological polar surface area (TPSA) is 67.9 Å². The van der Waals surface area contributed by atoms with Crippen molar-refractivity contribution in [2.75, 3.05) is 20.8 Å². The van der Waals surface area contributed by atoms with Gasteiger partial charge in [0.2, 0.25) is 11.8 Å². The number of unbranched alkanes of at least 4 members (excludes halogenated alkanes) is 1. The SMILES string of the molecule is CCCCNC(=O)[C@@H](C)N(Cc1ccc(Cl)cc1)C(=O)Cc1ccc(OC)c(OC)c1. The lowest BCUT2D eigenvalue weighted by atomic mass is 10.1. The van der Waals surface area contributed by atoms with Crippen LogP contribution >= 0.6 is 11.6 Å². The monoisotopic (exact) mass is 446 g/mol. The summed E-state index contributed by atoms with van der Waals surface area (Å²) in [5.41, 5.74) is 1.68. The van der Waals surface area contributed by atoms with Crippen molar-refractivity contribution in [3.63, 3.8) is 0 Å². The summed E-state index contributed by atoms with van der Waals surface area (Å²) in [7, 11) is 3.12. The van der Waals surface area contributed by atoms with Gasteiger partial charge in [-0.15, -0.1) is 0 Å². The Balaban J connectivity index is 2.22. The molecule has 0 spiro atoms.